The first-order valence-corrected chi connectivity index (χ1v) is 8.12. The lowest BCUT2D eigenvalue weighted by molar-refractivity contribution is -0.116. The summed E-state index contributed by atoms with van der Waals surface area (Å²) < 4.78 is 0.920. The minimum atomic E-state index is 0.0782. The molecule has 0 aliphatic heterocycles. The van der Waals surface area contributed by atoms with Crippen molar-refractivity contribution in [3.05, 3.63) is 28.2 Å². The number of nitrogens with one attached hydrogen (secondary N) is 1. The van der Waals surface area contributed by atoms with Gasteiger partial charge in [0.05, 0.1) is 5.69 Å². The van der Waals surface area contributed by atoms with E-state index < -0.39 is 0 Å². The fourth-order valence-corrected chi connectivity index (χ4v) is 2.71. The Morgan fingerprint density at radius 3 is 2.75 bits per heavy atom. The molecule has 0 bridgehead atoms. The Balaban J connectivity index is 2.48. The van der Waals surface area contributed by atoms with Gasteiger partial charge in [-0.05, 0) is 65.9 Å². The van der Waals surface area contributed by atoms with Gasteiger partial charge in [0.15, 0.2) is 0 Å². The highest BCUT2D eigenvalue weighted by Crippen LogP contribution is 2.24. The van der Waals surface area contributed by atoms with Crippen molar-refractivity contribution >= 4 is 27.5 Å². The SMILES string of the molecule is CCCC(CCN)CCC(=O)Nc1cc(C)ccc1Br. The zero-order valence-electron chi connectivity index (χ0n) is 12.4. The highest BCUT2D eigenvalue weighted by molar-refractivity contribution is 9.10. The monoisotopic (exact) mass is 340 g/mol. The summed E-state index contributed by atoms with van der Waals surface area (Å²) in [6.45, 7) is 4.89. The van der Waals surface area contributed by atoms with Crippen LogP contribution in [0.15, 0.2) is 22.7 Å². The second-order valence-corrected chi connectivity index (χ2v) is 6.16. The molecular weight excluding hydrogens is 316 g/mol. The summed E-state index contributed by atoms with van der Waals surface area (Å²) in [5.74, 6) is 0.645. The Morgan fingerprint density at radius 1 is 1.35 bits per heavy atom. The average Bonchev–Trinajstić information content (AvgIpc) is 2.41. The normalized spacial score (nSPS) is 12.2. The number of rotatable bonds is 8. The van der Waals surface area contributed by atoms with Crippen LogP contribution in [-0.2, 0) is 4.79 Å². The van der Waals surface area contributed by atoms with Gasteiger partial charge >= 0.3 is 0 Å². The van der Waals surface area contributed by atoms with Crippen molar-refractivity contribution in [3.63, 3.8) is 0 Å². The fourth-order valence-electron chi connectivity index (χ4n) is 2.36. The molecule has 0 aliphatic carbocycles. The van der Waals surface area contributed by atoms with E-state index in [1.54, 1.807) is 0 Å². The van der Waals surface area contributed by atoms with E-state index in [1.165, 1.54) is 0 Å². The van der Waals surface area contributed by atoms with E-state index in [4.69, 9.17) is 5.73 Å². The molecule has 112 valence electrons. The number of hydrogen-bond acceptors (Lipinski definition) is 2. The van der Waals surface area contributed by atoms with E-state index >= 15 is 0 Å². The van der Waals surface area contributed by atoms with Crippen LogP contribution in [0, 0.1) is 12.8 Å². The third kappa shape index (κ3) is 6.06. The average molecular weight is 341 g/mol. The number of halogens is 1. The van der Waals surface area contributed by atoms with Crippen LogP contribution in [0.25, 0.3) is 0 Å². The predicted octanol–water partition coefficient (Wildman–Crippen LogP) is 4.24. The minimum absolute atomic E-state index is 0.0782. The molecule has 0 heterocycles. The summed E-state index contributed by atoms with van der Waals surface area (Å²) in [5.41, 5.74) is 7.60. The van der Waals surface area contributed by atoms with Gasteiger partial charge < -0.3 is 11.1 Å². The van der Waals surface area contributed by atoms with E-state index in [0.29, 0.717) is 18.9 Å². The lowest BCUT2D eigenvalue weighted by Crippen LogP contribution is -2.15. The summed E-state index contributed by atoms with van der Waals surface area (Å²) in [4.78, 5) is 12.0. The van der Waals surface area contributed by atoms with Crippen LogP contribution in [0.2, 0.25) is 0 Å². The van der Waals surface area contributed by atoms with Crippen molar-refractivity contribution in [1.82, 2.24) is 0 Å². The van der Waals surface area contributed by atoms with Crippen molar-refractivity contribution in [2.45, 2.75) is 46.0 Å². The zero-order valence-corrected chi connectivity index (χ0v) is 14.0. The van der Waals surface area contributed by atoms with Gasteiger partial charge in [-0.15, -0.1) is 0 Å². The summed E-state index contributed by atoms with van der Waals surface area (Å²) in [6.07, 6.45) is 4.79. The number of benzene rings is 1. The van der Waals surface area contributed by atoms with Gasteiger partial charge in [-0.3, -0.25) is 4.79 Å². The van der Waals surface area contributed by atoms with E-state index in [2.05, 4.69) is 28.2 Å². The van der Waals surface area contributed by atoms with Gasteiger partial charge in [-0.2, -0.15) is 0 Å². The van der Waals surface area contributed by atoms with Crippen molar-refractivity contribution in [2.75, 3.05) is 11.9 Å². The molecule has 1 atom stereocenters. The van der Waals surface area contributed by atoms with E-state index in [-0.39, 0.29) is 5.91 Å². The highest BCUT2D eigenvalue weighted by atomic mass is 79.9. The minimum Gasteiger partial charge on any atom is -0.330 e. The molecule has 20 heavy (non-hydrogen) atoms. The maximum absolute atomic E-state index is 12.0. The largest absolute Gasteiger partial charge is 0.330 e. The number of anilines is 1. The molecule has 1 rings (SSSR count). The lowest BCUT2D eigenvalue weighted by atomic mass is 9.94. The first-order chi connectivity index (χ1) is 9.56. The van der Waals surface area contributed by atoms with Crippen molar-refractivity contribution < 1.29 is 4.79 Å². The molecule has 0 saturated carbocycles. The van der Waals surface area contributed by atoms with Gasteiger partial charge in [-0.1, -0.05) is 25.8 Å². The molecule has 1 amide bonds. The van der Waals surface area contributed by atoms with Gasteiger partial charge in [0.1, 0.15) is 0 Å². The van der Waals surface area contributed by atoms with E-state index in [0.717, 1.165) is 41.4 Å². The number of carbonyl (C=O) groups excluding carboxylic acids is 1. The van der Waals surface area contributed by atoms with Crippen molar-refractivity contribution in [3.8, 4) is 0 Å². The molecule has 1 aromatic rings. The van der Waals surface area contributed by atoms with Crippen LogP contribution < -0.4 is 11.1 Å². The Hall–Kier alpha value is -0.870. The number of carbonyl (C=O) groups is 1. The molecule has 4 heteroatoms. The van der Waals surface area contributed by atoms with Gasteiger partial charge in [0.2, 0.25) is 5.91 Å². The number of hydrogen-bond donors (Lipinski definition) is 2. The van der Waals surface area contributed by atoms with Crippen LogP contribution in [0.5, 0.6) is 0 Å². The molecule has 1 unspecified atom stereocenters. The maximum Gasteiger partial charge on any atom is 0.224 e. The van der Waals surface area contributed by atoms with Crippen molar-refractivity contribution in [2.24, 2.45) is 11.7 Å². The van der Waals surface area contributed by atoms with Crippen LogP contribution in [0.4, 0.5) is 5.69 Å². The van der Waals surface area contributed by atoms with Crippen LogP contribution in [0.3, 0.4) is 0 Å². The molecule has 3 nitrogen and oxygen atoms in total. The third-order valence-corrected chi connectivity index (χ3v) is 4.14. The van der Waals surface area contributed by atoms with Gasteiger partial charge in [0.25, 0.3) is 0 Å². The third-order valence-electron chi connectivity index (χ3n) is 3.45. The molecule has 0 aliphatic rings. The van der Waals surface area contributed by atoms with Crippen molar-refractivity contribution in [1.29, 1.82) is 0 Å². The predicted molar refractivity (Wildman–Crippen MR) is 88.8 cm³/mol. The first kappa shape index (κ1) is 17.2. The molecule has 0 radical (unpaired) electrons. The Morgan fingerprint density at radius 2 is 2.10 bits per heavy atom. The van der Waals surface area contributed by atoms with E-state index in [9.17, 15) is 4.79 Å². The quantitative estimate of drug-likeness (QED) is 0.743. The van der Waals surface area contributed by atoms with Crippen LogP contribution in [0.1, 0.15) is 44.6 Å². The molecule has 0 aromatic heterocycles. The smallest absolute Gasteiger partial charge is 0.224 e. The topological polar surface area (TPSA) is 55.1 Å². The Labute approximate surface area is 130 Å². The Kier molecular flexibility index (Phi) is 7.85. The molecule has 0 saturated heterocycles. The van der Waals surface area contributed by atoms with Crippen LogP contribution in [-0.4, -0.2) is 12.5 Å². The molecular formula is C16H25BrN2O. The molecule has 3 N–H and O–H groups in total. The summed E-state index contributed by atoms with van der Waals surface area (Å²) in [7, 11) is 0. The number of nitrogens with two attached hydrogens (primary N) is 1. The molecule has 1 aromatic carbocycles. The number of amides is 1. The zero-order chi connectivity index (χ0) is 15.0. The second kappa shape index (κ2) is 9.14. The summed E-state index contributed by atoms with van der Waals surface area (Å²) >= 11 is 3.46. The van der Waals surface area contributed by atoms with Gasteiger partial charge in [-0.25, -0.2) is 0 Å². The molecule has 0 spiro atoms. The molecule has 0 fully saturated rings. The van der Waals surface area contributed by atoms with E-state index in [1.807, 2.05) is 25.1 Å². The first-order valence-electron chi connectivity index (χ1n) is 7.32. The lowest BCUT2D eigenvalue weighted by Gasteiger charge is -2.15. The second-order valence-electron chi connectivity index (χ2n) is 5.30. The van der Waals surface area contributed by atoms with Crippen LogP contribution >= 0.6 is 15.9 Å². The Bertz CT molecular complexity index is 428. The van der Waals surface area contributed by atoms with Gasteiger partial charge in [0, 0.05) is 10.9 Å². The number of aryl methyl sites for hydroxylation is 1. The maximum atomic E-state index is 12.0. The highest BCUT2D eigenvalue weighted by Gasteiger charge is 2.11. The summed E-state index contributed by atoms with van der Waals surface area (Å²) in [6, 6.07) is 5.95. The fraction of sp³-hybridized carbons (Fsp3) is 0.562. The summed E-state index contributed by atoms with van der Waals surface area (Å²) in [5, 5.41) is 2.97. The standard InChI is InChI=1S/C16H25BrN2O/c1-3-4-13(9-10-18)6-8-16(20)19-15-11-12(2)5-7-14(15)17/h5,7,11,13H,3-4,6,8-10,18H2,1-2H3,(H,19,20).